The van der Waals surface area contributed by atoms with Crippen molar-refractivity contribution in [3.05, 3.63) is 72.1 Å². The van der Waals surface area contributed by atoms with E-state index in [2.05, 4.69) is 24.7 Å². The third kappa shape index (κ3) is 7.28. The Morgan fingerprint density at radius 3 is 2.20 bits per heavy atom. The number of hydrogen-bond donors (Lipinski definition) is 1. The fourth-order valence-electron chi connectivity index (χ4n) is 4.91. The maximum atomic E-state index is 13.1. The number of carbonyl (C=O) groups is 1. The van der Waals surface area contributed by atoms with E-state index in [1.807, 2.05) is 77.1 Å². The summed E-state index contributed by atoms with van der Waals surface area (Å²) in [7, 11) is -2.35. The monoisotopic (exact) mass is 619 g/mol. The summed E-state index contributed by atoms with van der Waals surface area (Å²) in [5.41, 5.74) is 3.80. The van der Waals surface area contributed by atoms with Crippen LogP contribution in [0.25, 0.3) is 11.3 Å². The number of rotatable bonds is 7. The van der Waals surface area contributed by atoms with Crippen LogP contribution in [0, 0.1) is 13.8 Å². The molecule has 0 bridgehead atoms. The van der Waals surface area contributed by atoms with Gasteiger partial charge in [-0.25, -0.2) is 22.9 Å². The molecule has 0 aliphatic carbocycles. The molecule has 0 saturated carbocycles. The number of hydrogen-bond acceptors (Lipinski definition) is 9. The lowest BCUT2D eigenvalue weighted by Crippen LogP contribution is -2.50. The zero-order chi connectivity index (χ0) is 31.6. The summed E-state index contributed by atoms with van der Waals surface area (Å²) in [4.78, 5) is 25.3. The quantitative estimate of drug-likeness (QED) is 0.299. The number of piperazine rings is 1. The van der Waals surface area contributed by atoms with Gasteiger partial charge >= 0.3 is 6.09 Å². The molecule has 1 fully saturated rings. The summed E-state index contributed by atoms with van der Waals surface area (Å²) in [6.45, 7) is 12.0. The van der Waals surface area contributed by atoms with Crippen molar-refractivity contribution < 1.29 is 22.7 Å². The van der Waals surface area contributed by atoms with E-state index < -0.39 is 15.6 Å². The van der Waals surface area contributed by atoms with E-state index in [1.54, 1.807) is 18.0 Å². The van der Waals surface area contributed by atoms with Gasteiger partial charge in [-0.15, -0.1) is 0 Å². The maximum Gasteiger partial charge on any atom is 0.410 e. The molecule has 1 amide bonds. The lowest BCUT2D eigenvalue weighted by molar-refractivity contribution is 0.0240. The van der Waals surface area contributed by atoms with E-state index in [4.69, 9.17) is 9.47 Å². The van der Waals surface area contributed by atoms with E-state index in [0.29, 0.717) is 37.6 Å². The third-order valence-electron chi connectivity index (χ3n) is 7.01. The predicted molar refractivity (Wildman–Crippen MR) is 167 cm³/mol. The Morgan fingerprint density at radius 1 is 0.955 bits per heavy atom. The molecule has 1 aliphatic heterocycles. The molecule has 232 valence electrons. The van der Waals surface area contributed by atoms with Crippen LogP contribution in [0.2, 0.25) is 0 Å². The van der Waals surface area contributed by atoms with E-state index >= 15 is 0 Å². The number of nitrogens with zero attached hydrogens (tertiary/aromatic N) is 6. The van der Waals surface area contributed by atoms with Gasteiger partial charge in [0.25, 0.3) is 10.0 Å². The molecule has 13 heteroatoms. The SMILES string of the molecule is Cc1cccc(C)c1-c1cc(Oc2ccc(N3CCN(C(=O)OC(C)(C)C)CC3)cc2)nc(NS(=O)(=O)c2cnn(C)c2)n1. The molecular weight excluding hydrogens is 582 g/mol. The Kier molecular flexibility index (Phi) is 8.51. The van der Waals surface area contributed by atoms with Crippen molar-refractivity contribution in [2.75, 3.05) is 35.8 Å². The molecule has 4 aromatic rings. The zero-order valence-corrected chi connectivity index (χ0v) is 26.6. The topological polar surface area (TPSA) is 132 Å². The Balaban J connectivity index is 1.35. The average molecular weight is 620 g/mol. The number of nitrogens with one attached hydrogen (secondary N) is 1. The first-order valence-electron chi connectivity index (χ1n) is 14.3. The number of aryl methyl sites for hydroxylation is 3. The maximum absolute atomic E-state index is 13.1. The zero-order valence-electron chi connectivity index (χ0n) is 25.7. The second kappa shape index (κ2) is 12.2. The van der Waals surface area contributed by atoms with Crippen molar-refractivity contribution in [2.45, 2.75) is 45.1 Å². The summed E-state index contributed by atoms with van der Waals surface area (Å²) < 4.78 is 41.6. The molecule has 1 aliphatic rings. The van der Waals surface area contributed by atoms with Crippen molar-refractivity contribution in [1.29, 1.82) is 0 Å². The van der Waals surface area contributed by atoms with Gasteiger partial charge in [-0.1, -0.05) is 18.2 Å². The standard InChI is InChI=1S/C31H37N7O5S/c1-21-8-7-9-22(2)28(21)26-18-27(34-29(33-26)35-44(40,41)25-19-32-36(6)20-25)42-24-12-10-23(11-13-24)37-14-16-38(17-15-37)30(39)43-31(3,4)5/h7-13,18-20H,14-17H2,1-6H3,(H,33,34,35). The first-order chi connectivity index (χ1) is 20.8. The first kappa shape index (κ1) is 30.8. The Hall–Kier alpha value is -4.65. The fraction of sp³-hybridized carbons (Fsp3) is 0.355. The van der Waals surface area contributed by atoms with Crippen LogP contribution in [0.1, 0.15) is 31.9 Å². The molecule has 1 N–H and O–H groups in total. The van der Waals surface area contributed by atoms with Gasteiger partial charge in [0.05, 0.1) is 11.9 Å². The van der Waals surface area contributed by atoms with Crippen LogP contribution in [0.3, 0.4) is 0 Å². The minimum atomic E-state index is -3.99. The molecule has 0 spiro atoms. The summed E-state index contributed by atoms with van der Waals surface area (Å²) in [5, 5.41) is 3.96. The van der Waals surface area contributed by atoms with E-state index in [-0.39, 0.29) is 22.8 Å². The van der Waals surface area contributed by atoms with Crippen molar-refractivity contribution in [2.24, 2.45) is 7.05 Å². The number of anilines is 2. The van der Waals surface area contributed by atoms with Crippen molar-refractivity contribution in [3.8, 4) is 22.9 Å². The predicted octanol–water partition coefficient (Wildman–Crippen LogP) is 5.14. The lowest BCUT2D eigenvalue weighted by Gasteiger charge is -2.36. The van der Waals surface area contributed by atoms with Gasteiger partial charge in [0.2, 0.25) is 11.8 Å². The molecule has 0 atom stereocenters. The van der Waals surface area contributed by atoms with Crippen LogP contribution in [0.5, 0.6) is 11.6 Å². The molecule has 1 saturated heterocycles. The first-order valence-corrected chi connectivity index (χ1v) is 15.7. The fourth-order valence-corrected chi connectivity index (χ4v) is 5.83. The van der Waals surface area contributed by atoms with Crippen molar-refractivity contribution in [1.82, 2.24) is 24.6 Å². The van der Waals surface area contributed by atoms with Gasteiger partial charge < -0.3 is 19.3 Å². The molecule has 3 heterocycles. The van der Waals surface area contributed by atoms with Gasteiger partial charge in [0.15, 0.2) is 0 Å². The Morgan fingerprint density at radius 2 is 1.61 bits per heavy atom. The van der Waals surface area contributed by atoms with E-state index in [1.165, 1.54) is 17.1 Å². The van der Waals surface area contributed by atoms with Crippen LogP contribution in [0.4, 0.5) is 16.4 Å². The molecule has 5 rings (SSSR count). The largest absolute Gasteiger partial charge is 0.444 e. The van der Waals surface area contributed by atoms with Gasteiger partial charge in [-0.05, 0) is 70.0 Å². The second-order valence-corrected chi connectivity index (χ2v) is 13.4. The molecule has 2 aromatic heterocycles. The van der Waals surface area contributed by atoms with Crippen LogP contribution >= 0.6 is 0 Å². The van der Waals surface area contributed by atoms with E-state index in [0.717, 1.165) is 22.4 Å². The smallest absolute Gasteiger partial charge is 0.410 e. The minimum absolute atomic E-state index is 0.00828. The summed E-state index contributed by atoms with van der Waals surface area (Å²) >= 11 is 0. The second-order valence-electron chi connectivity index (χ2n) is 11.7. The molecular formula is C31H37N7O5S. The molecule has 12 nitrogen and oxygen atoms in total. The van der Waals surface area contributed by atoms with Gasteiger partial charge in [0.1, 0.15) is 16.2 Å². The molecule has 44 heavy (non-hydrogen) atoms. The minimum Gasteiger partial charge on any atom is -0.444 e. The number of benzene rings is 2. The van der Waals surface area contributed by atoms with Crippen molar-refractivity contribution >= 4 is 27.8 Å². The number of carbonyl (C=O) groups excluding carboxylic acids is 1. The van der Waals surface area contributed by atoms with Gasteiger partial charge in [-0.2, -0.15) is 10.1 Å². The average Bonchev–Trinajstić information content (AvgIpc) is 3.40. The Bertz CT molecular complexity index is 1740. The molecule has 0 radical (unpaired) electrons. The van der Waals surface area contributed by atoms with Crippen LogP contribution in [-0.2, 0) is 21.8 Å². The number of sulfonamides is 1. The Labute approximate surface area is 257 Å². The number of aromatic nitrogens is 4. The highest BCUT2D eigenvalue weighted by Crippen LogP contribution is 2.32. The summed E-state index contributed by atoms with van der Waals surface area (Å²) in [6, 6.07) is 15.1. The van der Waals surface area contributed by atoms with Crippen LogP contribution < -0.4 is 14.4 Å². The van der Waals surface area contributed by atoms with Gasteiger partial charge in [0, 0.05) is 56.7 Å². The molecule has 2 aromatic carbocycles. The number of ether oxygens (including phenoxy) is 2. The van der Waals surface area contributed by atoms with E-state index in [9.17, 15) is 13.2 Å². The normalized spacial score (nSPS) is 14.0. The third-order valence-corrected chi connectivity index (χ3v) is 8.30. The highest BCUT2D eigenvalue weighted by molar-refractivity contribution is 7.92. The lowest BCUT2D eigenvalue weighted by atomic mass is 10.00. The highest BCUT2D eigenvalue weighted by Gasteiger charge is 2.26. The summed E-state index contributed by atoms with van der Waals surface area (Å²) in [5.74, 6) is 0.581. The van der Waals surface area contributed by atoms with Crippen LogP contribution in [-0.4, -0.2) is 70.9 Å². The highest BCUT2D eigenvalue weighted by atomic mass is 32.2. The number of amides is 1. The summed E-state index contributed by atoms with van der Waals surface area (Å²) in [6.07, 6.45) is 2.36. The van der Waals surface area contributed by atoms with Gasteiger partial charge in [-0.3, -0.25) is 4.68 Å². The van der Waals surface area contributed by atoms with Crippen molar-refractivity contribution in [3.63, 3.8) is 0 Å². The molecule has 0 unspecified atom stereocenters. The van der Waals surface area contributed by atoms with Crippen LogP contribution in [0.15, 0.2) is 65.8 Å².